The molecule has 1 aliphatic heterocycles. The van der Waals surface area contributed by atoms with Crippen LogP contribution < -0.4 is 9.47 Å². The van der Waals surface area contributed by atoms with Crippen LogP contribution in [-0.4, -0.2) is 61.5 Å². The van der Waals surface area contributed by atoms with Crippen LogP contribution in [0.3, 0.4) is 0 Å². The smallest absolute Gasteiger partial charge is 0.253 e. The number of rotatable bonds is 7. The van der Waals surface area contributed by atoms with Gasteiger partial charge in [-0.3, -0.25) is 9.59 Å². The molecule has 0 radical (unpaired) electrons. The van der Waals surface area contributed by atoms with Crippen LogP contribution in [-0.2, 0) is 4.79 Å². The van der Waals surface area contributed by atoms with Crippen LogP contribution in [0.2, 0.25) is 0 Å². The molecule has 0 aliphatic carbocycles. The van der Waals surface area contributed by atoms with Crippen molar-refractivity contribution >= 4 is 17.9 Å². The molecule has 0 atom stereocenters. The van der Waals surface area contributed by atoms with Gasteiger partial charge >= 0.3 is 0 Å². The number of nitrogens with zero attached hydrogens (tertiary/aromatic N) is 2. The number of carbonyl (C=O) groups is 2. The van der Waals surface area contributed by atoms with Crippen molar-refractivity contribution < 1.29 is 19.1 Å². The Balaban J connectivity index is 1.55. The zero-order valence-electron chi connectivity index (χ0n) is 18.4. The largest absolute Gasteiger partial charge is 0.493 e. The van der Waals surface area contributed by atoms with E-state index in [4.69, 9.17) is 9.47 Å². The molecule has 0 spiro atoms. The summed E-state index contributed by atoms with van der Waals surface area (Å²) >= 11 is 0. The number of benzene rings is 2. The van der Waals surface area contributed by atoms with Gasteiger partial charge in [-0.25, -0.2) is 0 Å². The minimum atomic E-state index is -0.0640. The molecule has 31 heavy (non-hydrogen) atoms. The van der Waals surface area contributed by atoms with Gasteiger partial charge < -0.3 is 19.3 Å². The molecule has 1 aliphatic rings. The third-order valence-electron chi connectivity index (χ3n) is 5.08. The highest BCUT2D eigenvalue weighted by Gasteiger charge is 2.23. The Bertz CT molecular complexity index is 916. The first-order valence-corrected chi connectivity index (χ1v) is 10.6. The van der Waals surface area contributed by atoms with Gasteiger partial charge in [0.2, 0.25) is 5.91 Å². The van der Waals surface area contributed by atoms with E-state index in [1.807, 2.05) is 48.5 Å². The number of ether oxygens (including phenoxy) is 2. The van der Waals surface area contributed by atoms with Crippen molar-refractivity contribution in [1.82, 2.24) is 9.80 Å². The zero-order valence-corrected chi connectivity index (χ0v) is 18.4. The lowest BCUT2D eigenvalue weighted by molar-refractivity contribution is -0.127. The molecule has 6 nitrogen and oxygen atoms in total. The Hall–Kier alpha value is -3.28. The van der Waals surface area contributed by atoms with Crippen molar-refractivity contribution in [1.29, 1.82) is 0 Å². The minimum absolute atomic E-state index is 0.00936. The fourth-order valence-corrected chi connectivity index (χ4v) is 3.33. The summed E-state index contributed by atoms with van der Waals surface area (Å²) in [6.45, 7) is 6.90. The van der Waals surface area contributed by atoms with Gasteiger partial charge in [0.25, 0.3) is 5.91 Å². The molecule has 164 valence electrons. The second kappa shape index (κ2) is 10.7. The quantitative estimate of drug-likeness (QED) is 0.638. The normalized spacial score (nSPS) is 14.2. The van der Waals surface area contributed by atoms with E-state index in [1.165, 1.54) is 0 Å². The molecule has 0 saturated carbocycles. The molecule has 2 aromatic rings. The molecule has 1 fully saturated rings. The molecule has 0 N–H and O–H groups in total. The molecule has 6 heteroatoms. The van der Waals surface area contributed by atoms with Crippen molar-refractivity contribution in [3.8, 4) is 11.5 Å². The van der Waals surface area contributed by atoms with Gasteiger partial charge in [-0.1, -0.05) is 38.1 Å². The summed E-state index contributed by atoms with van der Waals surface area (Å²) in [5, 5.41) is 0. The summed E-state index contributed by atoms with van der Waals surface area (Å²) in [6, 6.07) is 14.9. The Labute approximate surface area is 184 Å². The van der Waals surface area contributed by atoms with Gasteiger partial charge in [0, 0.05) is 37.8 Å². The molecular formula is C25H30N2O4. The summed E-state index contributed by atoms with van der Waals surface area (Å²) in [4.78, 5) is 28.7. The molecule has 2 amide bonds. The summed E-state index contributed by atoms with van der Waals surface area (Å²) in [5.41, 5.74) is 1.54. The molecule has 3 rings (SSSR count). The topological polar surface area (TPSA) is 59.1 Å². The Kier molecular flexibility index (Phi) is 7.70. The van der Waals surface area contributed by atoms with Crippen LogP contribution in [0.4, 0.5) is 0 Å². The summed E-state index contributed by atoms with van der Waals surface area (Å²) in [5.74, 6) is 1.70. The second-order valence-electron chi connectivity index (χ2n) is 7.93. The van der Waals surface area contributed by atoms with Gasteiger partial charge in [0.1, 0.15) is 0 Å². The Morgan fingerprint density at radius 1 is 0.968 bits per heavy atom. The first kappa shape index (κ1) is 22.4. The molecule has 2 aromatic carbocycles. The van der Waals surface area contributed by atoms with Gasteiger partial charge in [-0.15, -0.1) is 0 Å². The zero-order chi connectivity index (χ0) is 22.2. The van der Waals surface area contributed by atoms with E-state index in [0.29, 0.717) is 55.8 Å². The lowest BCUT2D eigenvalue weighted by Crippen LogP contribution is -2.50. The molecule has 1 heterocycles. The van der Waals surface area contributed by atoms with E-state index in [1.54, 1.807) is 29.1 Å². The van der Waals surface area contributed by atoms with Crippen LogP contribution in [0.15, 0.2) is 54.6 Å². The summed E-state index contributed by atoms with van der Waals surface area (Å²) < 4.78 is 11.2. The SMILES string of the molecule is COc1cc(/C=C/C(=O)N2CCN(C(=O)c3ccccc3)CC2)ccc1OCC(C)C. The molecule has 0 aromatic heterocycles. The van der Waals surface area contributed by atoms with E-state index in [2.05, 4.69) is 13.8 Å². The number of hydrogen-bond donors (Lipinski definition) is 0. The highest BCUT2D eigenvalue weighted by atomic mass is 16.5. The highest BCUT2D eigenvalue weighted by molar-refractivity contribution is 5.95. The lowest BCUT2D eigenvalue weighted by Gasteiger charge is -2.34. The monoisotopic (exact) mass is 422 g/mol. The number of carbonyl (C=O) groups excluding carboxylic acids is 2. The molecule has 1 saturated heterocycles. The van der Waals surface area contributed by atoms with Crippen molar-refractivity contribution in [2.45, 2.75) is 13.8 Å². The summed E-state index contributed by atoms with van der Waals surface area (Å²) in [6.07, 6.45) is 3.34. The highest BCUT2D eigenvalue weighted by Crippen LogP contribution is 2.29. The fraction of sp³-hybridized carbons (Fsp3) is 0.360. The van der Waals surface area contributed by atoms with E-state index < -0.39 is 0 Å². The maximum Gasteiger partial charge on any atom is 0.253 e. The molecule has 0 unspecified atom stereocenters. The first-order chi connectivity index (χ1) is 15.0. The predicted octanol–water partition coefficient (Wildman–Crippen LogP) is 3.73. The van der Waals surface area contributed by atoms with Crippen molar-refractivity contribution in [2.24, 2.45) is 5.92 Å². The number of hydrogen-bond acceptors (Lipinski definition) is 4. The third-order valence-corrected chi connectivity index (χ3v) is 5.08. The number of amides is 2. The average molecular weight is 423 g/mol. The molecule has 0 bridgehead atoms. The molecular weight excluding hydrogens is 392 g/mol. The van der Waals surface area contributed by atoms with Gasteiger partial charge in [-0.2, -0.15) is 0 Å². The van der Waals surface area contributed by atoms with E-state index in [-0.39, 0.29) is 11.8 Å². The minimum Gasteiger partial charge on any atom is -0.493 e. The van der Waals surface area contributed by atoms with Gasteiger partial charge in [0.15, 0.2) is 11.5 Å². The number of piperazine rings is 1. The maximum absolute atomic E-state index is 12.6. The van der Waals surface area contributed by atoms with Crippen LogP contribution in [0.25, 0.3) is 6.08 Å². The van der Waals surface area contributed by atoms with Crippen LogP contribution in [0.5, 0.6) is 11.5 Å². The average Bonchev–Trinajstić information content (AvgIpc) is 2.81. The number of methoxy groups -OCH3 is 1. The van der Waals surface area contributed by atoms with Crippen LogP contribution in [0.1, 0.15) is 29.8 Å². The van der Waals surface area contributed by atoms with Crippen molar-refractivity contribution in [2.75, 3.05) is 39.9 Å². The van der Waals surface area contributed by atoms with Crippen molar-refractivity contribution in [3.05, 3.63) is 65.7 Å². The fourth-order valence-electron chi connectivity index (χ4n) is 3.33. The Morgan fingerprint density at radius 3 is 2.29 bits per heavy atom. The van der Waals surface area contributed by atoms with E-state index in [9.17, 15) is 9.59 Å². The van der Waals surface area contributed by atoms with E-state index >= 15 is 0 Å². The van der Waals surface area contributed by atoms with Gasteiger partial charge in [-0.05, 0) is 41.8 Å². The maximum atomic E-state index is 12.6. The predicted molar refractivity (Wildman–Crippen MR) is 121 cm³/mol. The standard InChI is InChI=1S/C25H30N2O4/c1-19(2)18-31-22-11-9-20(17-23(22)30-3)10-12-24(28)26-13-15-27(16-14-26)25(29)21-7-5-4-6-8-21/h4-12,17,19H,13-16,18H2,1-3H3/b12-10+. The lowest BCUT2D eigenvalue weighted by atomic mass is 10.1. The summed E-state index contributed by atoms with van der Waals surface area (Å²) in [7, 11) is 1.60. The Morgan fingerprint density at radius 2 is 1.65 bits per heavy atom. The van der Waals surface area contributed by atoms with E-state index in [0.717, 1.165) is 5.56 Å². The van der Waals surface area contributed by atoms with Crippen molar-refractivity contribution in [3.63, 3.8) is 0 Å². The van der Waals surface area contributed by atoms with Crippen LogP contribution >= 0.6 is 0 Å². The third kappa shape index (κ3) is 6.10. The van der Waals surface area contributed by atoms with Gasteiger partial charge in [0.05, 0.1) is 13.7 Å². The second-order valence-corrected chi connectivity index (χ2v) is 7.93. The van der Waals surface area contributed by atoms with Crippen LogP contribution in [0, 0.1) is 5.92 Å². The first-order valence-electron chi connectivity index (χ1n) is 10.6.